The zero-order chi connectivity index (χ0) is 20.8. The molecule has 4 aromatic rings. The Hall–Kier alpha value is -3.68. The quantitative estimate of drug-likeness (QED) is 0.523. The fourth-order valence-electron chi connectivity index (χ4n) is 3.18. The molecular formula is C21H21N5O3. The van der Waals surface area contributed by atoms with Gasteiger partial charge in [-0.3, -0.25) is 19.4 Å². The van der Waals surface area contributed by atoms with E-state index in [1.165, 1.54) is 21.3 Å². The number of carbonyl (C=O) groups is 1. The predicted octanol–water partition coefficient (Wildman–Crippen LogP) is 2.30. The molecule has 1 amide bonds. The summed E-state index contributed by atoms with van der Waals surface area (Å²) >= 11 is 0. The molecule has 0 aliphatic heterocycles. The van der Waals surface area contributed by atoms with Crippen molar-refractivity contribution in [3.05, 3.63) is 76.0 Å². The maximum atomic E-state index is 13.1. The molecule has 0 aromatic carbocycles. The van der Waals surface area contributed by atoms with Crippen molar-refractivity contribution in [1.82, 2.24) is 19.3 Å². The lowest BCUT2D eigenvalue weighted by molar-refractivity contribution is 0.0917. The molecule has 4 aromatic heterocycles. The summed E-state index contributed by atoms with van der Waals surface area (Å²) in [5.74, 6) is 0.170. The first-order chi connectivity index (χ1) is 13.7. The lowest BCUT2D eigenvalue weighted by Gasteiger charge is -2.21. The molecule has 29 heavy (non-hydrogen) atoms. The monoisotopic (exact) mass is 391 g/mol. The van der Waals surface area contributed by atoms with E-state index in [9.17, 15) is 9.59 Å². The van der Waals surface area contributed by atoms with Crippen LogP contribution in [0.2, 0.25) is 0 Å². The van der Waals surface area contributed by atoms with E-state index in [1.54, 1.807) is 36.5 Å². The number of aromatic nitrogens is 3. The smallest absolute Gasteiger partial charge is 0.267 e. The normalized spacial score (nSPS) is 11.8. The standard InChI is InChI=1S/C21H21N5O3/c1-21(2,3)24-19(27)14-11-15-18(23-16-8-4-5-9-25(16)20(15)28)26(17(14)22)12-13-7-6-10-29-13/h4-11,22H,12H2,1-3H3,(H,24,27). The van der Waals surface area contributed by atoms with Crippen molar-refractivity contribution in [2.45, 2.75) is 32.9 Å². The van der Waals surface area contributed by atoms with Crippen LogP contribution in [0.5, 0.6) is 0 Å². The average molecular weight is 391 g/mol. The minimum atomic E-state index is -0.485. The van der Waals surface area contributed by atoms with Crippen molar-refractivity contribution < 1.29 is 9.21 Å². The molecule has 0 radical (unpaired) electrons. The fourth-order valence-corrected chi connectivity index (χ4v) is 3.18. The average Bonchev–Trinajstić information content (AvgIpc) is 3.16. The van der Waals surface area contributed by atoms with E-state index in [0.717, 1.165) is 0 Å². The van der Waals surface area contributed by atoms with Gasteiger partial charge in [0.15, 0.2) is 0 Å². The van der Waals surface area contributed by atoms with Crippen molar-refractivity contribution >= 4 is 22.6 Å². The van der Waals surface area contributed by atoms with Gasteiger partial charge in [0.1, 0.15) is 22.5 Å². The Labute approximate surface area is 165 Å². The van der Waals surface area contributed by atoms with Gasteiger partial charge < -0.3 is 14.3 Å². The van der Waals surface area contributed by atoms with Crippen molar-refractivity contribution in [3.8, 4) is 0 Å². The van der Waals surface area contributed by atoms with Crippen LogP contribution in [0.25, 0.3) is 16.7 Å². The summed E-state index contributed by atoms with van der Waals surface area (Å²) in [5, 5.41) is 11.8. The summed E-state index contributed by atoms with van der Waals surface area (Å²) in [7, 11) is 0. The Morgan fingerprint density at radius 1 is 1.24 bits per heavy atom. The van der Waals surface area contributed by atoms with Crippen LogP contribution in [0.15, 0.2) is 58.1 Å². The van der Waals surface area contributed by atoms with Gasteiger partial charge in [-0.25, -0.2) is 4.98 Å². The molecule has 4 rings (SSSR count). The number of nitrogens with one attached hydrogen (secondary N) is 2. The third-order valence-electron chi connectivity index (χ3n) is 4.45. The second kappa shape index (κ2) is 6.73. The lowest BCUT2D eigenvalue weighted by Crippen LogP contribution is -2.43. The van der Waals surface area contributed by atoms with Gasteiger partial charge in [-0.05, 0) is 51.1 Å². The zero-order valence-electron chi connectivity index (χ0n) is 16.4. The summed E-state index contributed by atoms with van der Waals surface area (Å²) < 4.78 is 8.38. The first-order valence-corrected chi connectivity index (χ1v) is 9.19. The molecule has 0 unspecified atom stereocenters. The van der Waals surface area contributed by atoms with Gasteiger partial charge in [0.25, 0.3) is 11.5 Å². The third-order valence-corrected chi connectivity index (χ3v) is 4.45. The van der Waals surface area contributed by atoms with Gasteiger partial charge in [0.2, 0.25) is 0 Å². The minimum absolute atomic E-state index is 0.0390. The molecule has 8 heteroatoms. The molecule has 0 saturated heterocycles. The number of hydrogen-bond acceptors (Lipinski definition) is 5. The van der Waals surface area contributed by atoms with E-state index < -0.39 is 11.4 Å². The minimum Gasteiger partial charge on any atom is -0.467 e. The Bertz CT molecular complexity index is 1340. The molecule has 2 N–H and O–H groups in total. The fraction of sp³-hybridized carbons (Fsp3) is 0.238. The second-order valence-electron chi connectivity index (χ2n) is 7.86. The molecule has 0 aliphatic carbocycles. The highest BCUT2D eigenvalue weighted by Crippen LogP contribution is 2.13. The van der Waals surface area contributed by atoms with Crippen LogP contribution in [0.1, 0.15) is 36.9 Å². The third kappa shape index (κ3) is 3.44. The Morgan fingerprint density at radius 2 is 2.03 bits per heavy atom. The van der Waals surface area contributed by atoms with Gasteiger partial charge in [-0.1, -0.05) is 6.07 Å². The summed E-state index contributed by atoms with van der Waals surface area (Å²) in [6.07, 6.45) is 3.17. The van der Waals surface area contributed by atoms with Crippen molar-refractivity contribution in [2.75, 3.05) is 0 Å². The maximum absolute atomic E-state index is 13.1. The first-order valence-electron chi connectivity index (χ1n) is 9.19. The van der Waals surface area contributed by atoms with E-state index in [1.807, 2.05) is 20.8 Å². The second-order valence-corrected chi connectivity index (χ2v) is 7.86. The number of carbonyl (C=O) groups excluding carboxylic acids is 1. The van der Waals surface area contributed by atoms with Crippen molar-refractivity contribution in [1.29, 1.82) is 5.41 Å². The van der Waals surface area contributed by atoms with Crippen LogP contribution in [0, 0.1) is 5.41 Å². The topological polar surface area (TPSA) is 105 Å². The van der Waals surface area contributed by atoms with Crippen molar-refractivity contribution in [2.24, 2.45) is 0 Å². The molecule has 0 spiro atoms. The molecule has 0 saturated carbocycles. The number of rotatable bonds is 3. The van der Waals surface area contributed by atoms with E-state index >= 15 is 0 Å². The largest absolute Gasteiger partial charge is 0.467 e. The molecular weight excluding hydrogens is 370 g/mol. The first kappa shape index (κ1) is 18.7. The van der Waals surface area contributed by atoms with E-state index in [-0.39, 0.29) is 28.5 Å². The van der Waals surface area contributed by atoms with Gasteiger partial charge in [-0.2, -0.15) is 0 Å². The van der Waals surface area contributed by atoms with E-state index in [0.29, 0.717) is 17.1 Å². The highest BCUT2D eigenvalue weighted by molar-refractivity contribution is 5.97. The van der Waals surface area contributed by atoms with Crippen LogP contribution in [0.3, 0.4) is 0 Å². The highest BCUT2D eigenvalue weighted by Gasteiger charge is 2.21. The van der Waals surface area contributed by atoms with Crippen molar-refractivity contribution in [3.63, 3.8) is 0 Å². The van der Waals surface area contributed by atoms with Gasteiger partial charge in [-0.15, -0.1) is 0 Å². The van der Waals surface area contributed by atoms with Crippen LogP contribution >= 0.6 is 0 Å². The number of furan rings is 1. The number of pyridine rings is 2. The van der Waals surface area contributed by atoms with E-state index in [4.69, 9.17) is 9.83 Å². The highest BCUT2D eigenvalue weighted by atomic mass is 16.3. The SMILES string of the molecule is CC(C)(C)NC(=O)c1cc2c(=O)n3ccccc3nc2n(Cc2ccco2)c1=N. The zero-order valence-corrected chi connectivity index (χ0v) is 16.4. The number of fused-ring (bicyclic) bond motifs is 2. The molecule has 0 fully saturated rings. The maximum Gasteiger partial charge on any atom is 0.267 e. The Balaban J connectivity index is 2.05. The predicted molar refractivity (Wildman–Crippen MR) is 108 cm³/mol. The van der Waals surface area contributed by atoms with Crippen LogP contribution < -0.4 is 16.4 Å². The Kier molecular flexibility index (Phi) is 4.34. The summed E-state index contributed by atoms with van der Waals surface area (Å²) in [5.41, 5.74) is 0.0701. The summed E-state index contributed by atoms with van der Waals surface area (Å²) in [6, 6.07) is 10.2. The van der Waals surface area contributed by atoms with Gasteiger partial charge in [0.05, 0.1) is 23.8 Å². The molecule has 8 nitrogen and oxygen atoms in total. The molecule has 0 bridgehead atoms. The molecule has 0 atom stereocenters. The van der Waals surface area contributed by atoms with E-state index in [2.05, 4.69) is 10.3 Å². The van der Waals surface area contributed by atoms with Gasteiger partial charge in [0, 0.05) is 11.7 Å². The van der Waals surface area contributed by atoms with Gasteiger partial charge >= 0.3 is 0 Å². The van der Waals surface area contributed by atoms with Crippen LogP contribution in [0.4, 0.5) is 0 Å². The van der Waals surface area contributed by atoms with Crippen LogP contribution in [-0.4, -0.2) is 25.4 Å². The molecule has 0 aliphatic rings. The molecule has 4 heterocycles. The summed E-state index contributed by atoms with van der Waals surface area (Å²) in [4.78, 5) is 30.6. The number of nitrogens with zero attached hydrogens (tertiary/aromatic N) is 3. The number of hydrogen-bond donors (Lipinski definition) is 2. The summed E-state index contributed by atoms with van der Waals surface area (Å²) in [6.45, 7) is 5.75. The lowest BCUT2D eigenvalue weighted by atomic mass is 10.1. The van der Waals surface area contributed by atoms with Crippen LogP contribution in [-0.2, 0) is 6.54 Å². The number of amides is 1. The molecule has 148 valence electrons. The Morgan fingerprint density at radius 3 is 2.72 bits per heavy atom.